The number of halogens is 1. The quantitative estimate of drug-likeness (QED) is 0.795. The van der Waals surface area contributed by atoms with Crippen LogP contribution in [0.4, 0.5) is 4.39 Å². The molecule has 0 amide bonds. The van der Waals surface area contributed by atoms with Crippen molar-refractivity contribution in [3.05, 3.63) is 42.2 Å². The first-order valence-corrected chi connectivity index (χ1v) is 6.09. The predicted molar refractivity (Wildman–Crippen MR) is 74.6 cm³/mol. The van der Waals surface area contributed by atoms with E-state index >= 15 is 0 Å². The van der Waals surface area contributed by atoms with Crippen LogP contribution in [0.2, 0.25) is 0 Å². The second-order valence-electron chi connectivity index (χ2n) is 4.29. The number of benzene rings is 2. The van der Waals surface area contributed by atoms with Crippen molar-refractivity contribution in [2.24, 2.45) is 0 Å². The molecule has 1 N–H and O–H groups in total. The molecule has 5 heteroatoms. The molecule has 0 aliphatic rings. The van der Waals surface area contributed by atoms with Crippen LogP contribution < -0.4 is 9.47 Å². The molecule has 0 saturated carbocycles. The van der Waals surface area contributed by atoms with Crippen molar-refractivity contribution in [1.82, 2.24) is 9.97 Å². The average Bonchev–Trinajstić information content (AvgIpc) is 2.92. The first kappa shape index (κ1) is 12.5. The van der Waals surface area contributed by atoms with Crippen LogP contribution in [0.1, 0.15) is 0 Å². The van der Waals surface area contributed by atoms with Crippen molar-refractivity contribution in [1.29, 1.82) is 0 Å². The summed E-state index contributed by atoms with van der Waals surface area (Å²) in [6, 6.07) is 10.2. The number of nitrogens with zero attached hydrogens (tertiary/aromatic N) is 1. The third kappa shape index (κ3) is 1.97. The highest BCUT2D eigenvalue weighted by Crippen LogP contribution is 2.33. The lowest BCUT2D eigenvalue weighted by Gasteiger charge is -2.08. The number of ether oxygens (including phenoxy) is 2. The molecule has 3 aromatic rings. The van der Waals surface area contributed by atoms with Crippen LogP contribution in [-0.4, -0.2) is 24.2 Å². The average molecular weight is 272 g/mol. The summed E-state index contributed by atoms with van der Waals surface area (Å²) in [5.74, 6) is 1.51. The van der Waals surface area contributed by atoms with Crippen molar-refractivity contribution >= 4 is 11.0 Å². The van der Waals surface area contributed by atoms with Crippen molar-refractivity contribution in [2.75, 3.05) is 14.2 Å². The van der Waals surface area contributed by atoms with Crippen LogP contribution in [-0.2, 0) is 0 Å². The van der Waals surface area contributed by atoms with Gasteiger partial charge in [0.05, 0.1) is 25.3 Å². The van der Waals surface area contributed by atoms with E-state index in [0.717, 1.165) is 5.56 Å². The molecule has 0 spiro atoms. The van der Waals surface area contributed by atoms with Gasteiger partial charge in [-0.1, -0.05) is 6.07 Å². The summed E-state index contributed by atoms with van der Waals surface area (Å²) < 4.78 is 24.2. The SMILES string of the molecule is COc1ccc(OC)c(-c2nc3c(F)cccc3[nH]2)c1. The molecular weight excluding hydrogens is 259 g/mol. The second kappa shape index (κ2) is 4.85. The van der Waals surface area contributed by atoms with Gasteiger partial charge < -0.3 is 14.5 Å². The Morgan fingerprint density at radius 2 is 1.95 bits per heavy atom. The minimum Gasteiger partial charge on any atom is -0.497 e. The van der Waals surface area contributed by atoms with E-state index in [9.17, 15) is 4.39 Å². The van der Waals surface area contributed by atoms with Gasteiger partial charge in [-0.05, 0) is 30.3 Å². The molecule has 2 aromatic carbocycles. The molecule has 0 aliphatic heterocycles. The molecule has 4 nitrogen and oxygen atoms in total. The van der Waals surface area contributed by atoms with Gasteiger partial charge >= 0.3 is 0 Å². The Bertz CT molecular complexity index is 768. The number of hydrogen-bond donors (Lipinski definition) is 1. The third-order valence-corrected chi connectivity index (χ3v) is 3.13. The minimum atomic E-state index is -0.355. The Morgan fingerprint density at radius 3 is 2.65 bits per heavy atom. The Labute approximate surface area is 115 Å². The molecule has 1 aromatic heterocycles. The van der Waals surface area contributed by atoms with Crippen LogP contribution in [0.15, 0.2) is 36.4 Å². The van der Waals surface area contributed by atoms with E-state index in [0.29, 0.717) is 28.4 Å². The molecule has 0 aliphatic carbocycles. The maximum absolute atomic E-state index is 13.7. The van der Waals surface area contributed by atoms with E-state index in [1.807, 2.05) is 0 Å². The van der Waals surface area contributed by atoms with Crippen molar-refractivity contribution in [3.63, 3.8) is 0 Å². The Morgan fingerprint density at radius 1 is 1.10 bits per heavy atom. The van der Waals surface area contributed by atoms with Gasteiger partial charge in [0, 0.05) is 0 Å². The number of H-pyrrole nitrogens is 1. The van der Waals surface area contributed by atoms with E-state index in [2.05, 4.69) is 9.97 Å². The highest BCUT2D eigenvalue weighted by molar-refractivity contribution is 5.81. The summed E-state index contributed by atoms with van der Waals surface area (Å²) in [6.07, 6.45) is 0. The number of methoxy groups -OCH3 is 2. The molecule has 0 radical (unpaired) electrons. The summed E-state index contributed by atoms with van der Waals surface area (Å²) >= 11 is 0. The number of aromatic amines is 1. The molecule has 20 heavy (non-hydrogen) atoms. The number of imidazole rings is 1. The van der Waals surface area contributed by atoms with Gasteiger partial charge in [0.15, 0.2) is 5.82 Å². The van der Waals surface area contributed by atoms with Crippen LogP contribution in [0.5, 0.6) is 11.5 Å². The lowest BCUT2D eigenvalue weighted by molar-refractivity contribution is 0.404. The van der Waals surface area contributed by atoms with Gasteiger partial charge in [-0.2, -0.15) is 0 Å². The molecule has 3 rings (SSSR count). The van der Waals surface area contributed by atoms with Crippen LogP contribution in [0.25, 0.3) is 22.4 Å². The van der Waals surface area contributed by atoms with E-state index in [-0.39, 0.29) is 5.82 Å². The lowest BCUT2D eigenvalue weighted by Crippen LogP contribution is -1.91. The van der Waals surface area contributed by atoms with E-state index in [1.165, 1.54) is 6.07 Å². The Kier molecular flexibility index (Phi) is 3.02. The van der Waals surface area contributed by atoms with Crippen molar-refractivity contribution < 1.29 is 13.9 Å². The molecular formula is C15H13FN2O2. The van der Waals surface area contributed by atoms with Gasteiger partial charge in [-0.25, -0.2) is 9.37 Å². The lowest BCUT2D eigenvalue weighted by atomic mass is 10.2. The number of rotatable bonds is 3. The maximum Gasteiger partial charge on any atom is 0.151 e. The summed E-state index contributed by atoms with van der Waals surface area (Å²) in [5, 5.41) is 0. The van der Waals surface area contributed by atoms with E-state index in [4.69, 9.17) is 9.47 Å². The highest BCUT2D eigenvalue weighted by atomic mass is 19.1. The smallest absolute Gasteiger partial charge is 0.151 e. The number of para-hydroxylation sites is 1. The molecule has 1 heterocycles. The Balaban J connectivity index is 2.21. The van der Waals surface area contributed by atoms with Crippen LogP contribution >= 0.6 is 0 Å². The summed E-state index contributed by atoms with van der Waals surface area (Å²) in [5.41, 5.74) is 1.68. The molecule has 0 saturated heterocycles. The minimum absolute atomic E-state index is 0.312. The van der Waals surface area contributed by atoms with Gasteiger partial charge in [-0.3, -0.25) is 0 Å². The number of hydrogen-bond acceptors (Lipinski definition) is 3. The van der Waals surface area contributed by atoms with Crippen LogP contribution in [0, 0.1) is 5.82 Å². The molecule has 0 bridgehead atoms. The zero-order valence-electron chi connectivity index (χ0n) is 11.1. The molecule has 0 unspecified atom stereocenters. The monoisotopic (exact) mass is 272 g/mol. The largest absolute Gasteiger partial charge is 0.497 e. The standard InChI is InChI=1S/C15H13FN2O2/c1-19-9-6-7-13(20-2)10(8-9)15-17-12-5-3-4-11(16)14(12)18-15/h3-8H,1-2H3,(H,17,18). The number of aromatic nitrogens is 2. The maximum atomic E-state index is 13.7. The molecule has 0 fully saturated rings. The fourth-order valence-electron chi connectivity index (χ4n) is 2.12. The topological polar surface area (TPSA) is 47.1 Å². The molecule has 0 atom stereocenters. The zero-order valence-corrected chi connectivity index (χ0v) is 11.1. The van der Waals surface area contributed by atoms with Crippen molar-refractivity contribution in [3.8, 4) is 22.9 Å². The fourth-order valence-corrected chi connectivity index (χ4v) is 2.12. The first-order chi connectivity index (χ1) is 9.72. The Hall–Kier alpha value is -2.56. The van der Waals surface area contributed by atoms with Gasteiger partial charge in [0.1, 0.15) is 22.8 Å². The highest BCUT2D eigenvalue weighted by Gasteiger charge is 2.13. The fraction of sp³-hybridized carbons (Fsp3) is 0.133. The normalized spacial score (nSPS) is 10.8. The van der Waals surface area contributed by atoms with Gasteiger partial charge in [0.2, 0.25) is 0 Å². The zero-order chi connectivity index (χ0) is 14.1. The van der Waals surface area contributed by atoms with Gasteiger partial charge in [0.25, 0.3) is 0 Å². The van der Waals surface area contributed by atoms with E-state index < -0.39 is 0 Å². The van der Waals surface area contributed by atoms with Crippen molar-refractivity contribution in [2.45, 2.75) is 0 Å². The summed E-state index contributed by atoms with van der Waals surface area (Å²) in [7, 11) is 3.17. The summed E-state index contributed by atoms with van der Waals surface area (Å²) in [4.78, 5) is 7.39. The second-order valence-corrected chi connectivity index (χ2v) is 4.29. The summed E-state index contributed by atoms with van der Waals surface area (Å²) in [6.45, 7) is 0. The first-order valence-electron chi connectivity index (χ1n) is 6.09. The predicted octanol–water partition coefficient (Wildman–Crippen LogP) is 3.39. The third-order valence-electron chi connectivity index (χ3n) is 3.13. The van der Waals surface area contributed by atoms with E-state index in [1.54, 1.807) is 44.6 Å². The number of nitrogens with one attached hydrogen (secondary N) is 1. The van der Waals surface area contributed by atoms with Gasteiger partial charge in [-0.15, -0.1) is 0 Å². The number of fused-ring (bicyclic) bond motifs is 1. The van der Waals surface area contributed by atoms with Crippen LogP contribution in [0.3, 0.4) is 0 Å². The molecule has 102 valence electrons.